The number of hydrogen-bond acceptors (Lipinski definition) is 2. The van der Waals surface area contributed by atoms with E-state index in [1.54, 1.807) is 0 Å². The molecule has 0 radical (unpaired) electrons. The van der Waals surface area contributed by atoms with Crippen molar-refractivity contribution in [3.8, 4) is 0 Å². The predicted molar refractivity (Wildman–Crippen MR) is 60.5 cm³/mol. The fourth-order valence-electron chi connectivity index (χ4n) is 1.65. The standard InChI is InChI=1S/C13H14F2O2/c1-13(2,3)12(16)11-6-8-9(15)4-7(14)5-10(8)17-11/h4-6,12,16H,1-3H3. The van der Waals surface area contributed by atoms with Crippen LogP contribution in [0.4, 0.5) is 8.78 Å². The Kier molecular flexibility index (Phi) is 2.70. The third-order valence-electron chi connectivity index (χ3n) is 2.66. The summed E-state index contributed by atoms with van der Waals surface area (Å²) in [7, 11) is 0. The van der Waals surface area contributed by atoms with E-state index in [0.717, 1.165) is 12.1 Å². The van der Waals surface area contributed by atoms with Crippen molar-refractivity contribution in [3.05, 3.63) is 35.6 Å². The second-order valence-corrected chi connectivity index (χ2v) is 5.22. The number of fused-ring (bicyclic) bond motifs is 1. The molecule has 0 aliphatic rings. The third-order valence-corrected chi connectivity index (χ3v) is 2.66. The molecule has 1 unspecified atom stereocenters. The zero-order valence-electron chi connectivity index (χ0n) is 9.92. The van der Waals surface area contributed by atoms with Gasteiger partial charge in [0.15, 0.2) is 0 Å². The molecule has 0 aliphatic heterocycles. The molecule has 17 heavy (non-hydrogen) atoms. The average molecular weight is 240 g/mol. The molecule has 2 aromatic rings. The topological polar surface area (TPSA) is 33.4 Å². The van der Waals surface area contributed by atoms with Crippen LogP contribution in [0, 0.1) is 17.0 Å². The highest BCUT2D eigenvalue weighted by molar-refractivity contribution is 5.78. The Bertz CT molecular complexity index is 552. The summed E-state index contributed by atoms with van der Waals surface area (Å²) in [6, 6.07) is 3.32. The maximum absolute atomic E-state index is 13.4. The van der Waals surface area contributed by atoms with E-state index < -0.39 is 23.2 Å². The highest BCUT2D eigenvalue weighted by Gasteiger charge is 2.27. The van der Waals surface area contributed by atoms with Crippen LogP contribution in [0.15, 0.2) is 22.6 Å². The van der Waals surface area contributed by atoms with Gasteiger partial charge in [-0.1, -0.05) is 20.8 Å². The molecule has 1 aromatic carbocycles. The van der Waals surface area contributed by atoms with Crippen molar-refractivity contribution < 1.29 is 18.3 Å². The van der Waals surface area contributed by atoms with E-state index >= 15 is 0 Å². The molecular formula is C13H14F2O2. The number of benzene rings is 1. The van der Waals surface area contributed by atoms with Crippen molar-refractivity contribution in [2.75, 3.05) is 0 Å². The molecule has 1 N–H and O–H groups in total. The van der Waals surface area contributed by atoms with Crippen LogP contribution in [-0.2, 0) is 0 Å². The van der Waals surface area contributed by atoms with Gasteiger partial charge in [0.2, 0.25) is 0 Å². The summed E-state index contributed by atoms with van der Waals surface area (Å²) < 4.78 is 31.7. The predicted octanol–water partition coefficient (Wildman–Crippen LogP) is 3.79. The quantitative estimate of drug-likeness (QED) is 0.822. The minimum absolute atomic E-state index is 0.112. The molecular weight excluding hydrogens is 226 g/mol. The summed E-state index contributed by atoms with van der Waals surface area (Å²) in [5, 5.41) is 10.2. The summed E-state index contributed by atoms with van der Waals surface area (Å²) in [4.78, 5) is 0. The van der Waals surface area contributed by atoms with Gasteiger partial charge in [0.25, 0.3) is 0 Å². The van der Waals surface area contributed by atoms with Gasteiger partial charge in [-0.25, -0.2) is 8.78 Å². The second-order valence-electron chi connectivity index (χ2n) is 5.22. The number of halogens is 2. The summed E-state index contributed by atoms with van der Waals surface area (Å²) >= 11 is 0. The van der Waals surface area contributed by atoms with E-state index in [0.29, 0.717) is 0 Å². The first-order valence-corrected chi connectivity index (χ1v) is 5.35. The third kappa shape index (κ3) is 2.17. The number of furan rings is 1. The number of aliphatic hydroxyl groups excluding tert-OH is 1. The fourth-order valence-corrected chi connectivity index (χ4v) is 1.65. The lowest BCUT2D eigenvalue weighted by atomic mass is 9.88. The van der Waals surface area contributed by atoms with E-state index in [9.17, 15) is 13.9 Å². The molecule has 4 heteroatoms. The second kappa shape index (κ2) is 3.81. The smallest absolute Gasteiger partial charge is 0.140 e. The first kappa shape index (κ1) is 12.0. The number of aliphatic hydroxyl groups is 1. The first-order valence-electron chi connectivity index (χ1n) is 5.35. The lowest BCUT2D eigenvalue weighted by Crippen LogP contribution is -2.16. The summed E-state index contributed by atoms with van der Waals surface area (Å²) in [5.41, 5.74) is -0.316. The minimum Gasteiger partial charge on any atom is -0.458 e. The molecule has 0 spiro atoms. The van der Waals surface area contributed by atoms with E-state index in [1.807, 2.05) is 20.8 Å². The van der Waals surface area contributed by atoms with Crippen LogP contribution in [0.1, 0.15) is 32.6 Å². The van der Waals surface area contributed by atoms with Gasteiger partial charge in [-0.15, -0.1) is 0 Å². The maximum Gasteiger partial charge on any atom is 0.140 e. The molecule has 2 rings (SSSR count). The normalized spacial score (nSPS) is 14.2. The van der Waals surface area contributed by atoms with Gasteiger partial charge >= 0.3 is 0 Å². The van der Waals surface area contributed by atoms with Crippen molar-refractivity contribution in [2.24, 2.45) is 5.41 Å². The number of hydrogen-bond donors (Lipinski definition) is 1. The highest BCUT2D eigenvalue weighted by atomic mass is 19.1. The Balaban J connectivity index is 2.56. The number of rotatable bonds is 1. The Morgan fingerprint density at radius 1 is 1.18 bits per heavy atom. The molecule has 92 valence electrons. The van der Waals surface area contributed by atoms with Gasteiger partial charge in [-0.3, -0.25) is 0 Å². The van der Waals surface area contributed by atoms with E-state index in [1.165, 1.54) is 6.07 Å². The van der Waals surface area contributed by atoms with Crippen molar-refractivity contribution in [1.82, 2.24) is 0 Å². The van der Waals surface area contributed by atoms with E-state index in [2.05, 4.69) is 0 Å². The van der Waals surface area contributed by atoms with Crippen molar-refractivity contribution >= 4 is 11.0 Å². The van der Waals surface area contributed by atoms with E-state index in [-0.39, 0.29) is 16.7 Å². The molecule has 0 saturated heterocycles. The summed E-state index contributed by atoms with van der Waals surface area (Å²) in [5.74, 6) is -1.13. The van der Waals surface area contributed by atoms with Gasteiger partial charge in [-0.2, -0.15) is 0 Å². The van der Waals surface area contributed by atoms with Gasteiger partial charge in [-0.05, 0) is 11.5 Å². The molecule has 0 fully saturated rings. The van der Waals surface area contributed by atoms with Crippen LogP contribution in [0.25, 0.3) is 11.0 Å². The van der Waals surface area contributed by atoms with Crippen LogP contribution >= 0.6 is 0 Å². The summed E-state index contributed by atoms with van der Waals surface area (Å²) in [6.07, 6.45) is -0.864. The molecule has 1 aromatic heterocycles. The van der Waals surface area contributed by atoms with Crippen LogP contribution in [0.2, 0.25) is 0 Å². The van der Waals surface area contributed by atoms with Crippen LogP contribution in [0.5, 0.6) is 0 Å². The molecule has 0 saturated carbocycles. The molecule has 0 amide bonds. The maximum atomic E-state index is 13.4. The Morgan fingerprint density at radius 3 is 2.41 bits per heavy atom. The van der Waals surface area contributed by atoms with Crippen molar-refractivity contribution in [2.45, 2.75) is 26.9 Å². The lowest BCUT2D eigenvalue weighted by Gasteiger charge is -2.23. The molecule has 2 nitrogen and oxygen atoms in total. The van der Waals surface area contributed by atoms with Gasteiger partial charge in [0.1, 0.15) is 29.1 Å². The monoisotopic (exact) mass is 240 g/mol. The minimum atomic E-state index is -0.864. The first-order chi connectivity index (χ1) is 7.79. The average Bonchev–Trinajstić information content (AvgIpc) is 2.58. The fraction of sp³-hybridized carbons (Fsp3) is 0.385. The molecule has 0 bridgehead atoms. The van der Waals surface area contributed by atoms with Crippen LogP contribution in [0.3, 0.4) is 0 Å². The molecule has 1 heterocycles. The highest BCUT2D eigenvalue weighted by Crippen LogP contribution is 2.36. The lowest BCUT2D eigenvalue weighted by molar-refractivity contribution is 0.0448. The molecule has 1 atom stereocenters. The largest absolute Gasteiger partial charge is 0.458 e. The van der Waals surface area contributed by atoms with E-state index in [4.69, 9.17) is 4.42 Å². The van der Waals surface area contributed by atoms with Crippen molar-refractivity contribution in [3.63, 3.8) is 0 Å². The van der Waals surface area contributed by atoms with Crippen LogP contribution < -0.4 is 0 Å². The SMILES string of the molecule is CC(C)(C)C(O)c1cc2c(F)cc(F)cc2o1. The van der Waals surface area contributed by atoms with Gasteiger partial charge in [0, 0.05) is 12.1 Å². The summed E-state index contributed by atoms with van der Waals surface area (Å²) in [6.45, 7) is 5.51. The zero-order chi connectivity index (χ0) is 12.8. The zero-order valence-corrected chi connectivity index (χ0v) is 9.92. The van der Waals surface area contributed by atoms with Crippen LogP contribution in [-0.4, -0.2) is 5.11 Å². The Hall–Kier alpha value is -1.42. The van der Waals surface area contributed by atoms with Gasteiger partial charge < -0.3 is 9.52 Å². The Morgan fingerprint density at radius 2 is 1.82 bits per heavy atom. The Labute approximate surface area is 97.9 Å². The van der Waals surface area contributed by atoms with Crippen molar-refractivity contribution in [1.29, 1.82) is 0 Å². The van der Waals surface area contributed by atoms with Gasteiger partial charge in [0.05, 0.1) is 5.39 Å². The molecule has 0 aliphatic carbocycles.